The van der Waals surface area contributed by atoms with Gasteiger partial charge in [0.05, 0.1) is 16.1 Å². The van der Waals surface area contributed by atoms with Gasteiger partial charge in [0.15, 0.2) is 0 Å². The Hall–Kier alpha value is 0.465. The van der Waals surface area contributed by atoms with E-state index in [9.17, 15) is 0 Å². The van der Waals surface area contributed by atoms with Crippen molar-refractivity contribution in [1.82, 2.24) is 10.9 Å². The molecule has 0 spiro atoms. The molecule has 0 unspecified atom stereocenters. The van der Waals surface area contributed by atoms with Crippen molar-refractivity contribution < 1.29 is 0 Å². The maximum Gasteiger partial charge on any atom is 0.0531 e. The van der Waals surface area contributed by atoms with Crippen LogP contribution in [0.15, 0.2) is 0 Å². The lowest BCUT2D eigenvalue weighted by atomic mass is 10.8. The molecular formula is BBrN2. The van der Waals surface area contributed by atoms with Gasteiger partial charge in [0, 0.05) is 14.6 Å². The van der Waals surface area contributed by atoms with Gasteiger partial charge in [-0.2, -0.15) is 0 Å². The molecule has 0 aliphatic rings. The summed E-state index contributed by atoms with van der Waals surface area (Å²) < 4.78 is 6.81. The van der Waals surface area contributed by atoms with Crippen molar-refractivity contribution >= 4 is 24.6 Å². The average molecular weight is 119 g/mol. The first-order chi connectivity index (χ1) is 1.00. The van der Waals surface area contributed by atoms with Crippen LogP contribution >= 0.6 is 16.1 Å². The van der Waals surface area contributed by atoms with Crippen LogP contribution in [0.4, 0.5) is 0 Å². The van der Waals surface area contributed by atoms with Gasteiger partial charge in [-0.25, -0.2) is 0 Å². The minimum atomic E-state index is 0. The Balaban J connectivity index is -0.00000000500. The predicted molar refractivity (Wildman–Crippen MR) is 18.9 cm³/mol. The fraction of sp³-hybridized carbons (Fsp3) is 0. The predicted octanol–water partition coefficient (Wildman–Crippen LogP) is -0.496. The molecule has 0 N–H and O–H groups in total. The number of nitrogens with zero attached hydrogens (tertiary/aromatic N) is 2. The van der Waals surface area contributed by atoms with E-state index in [4.69, 9.17) is 4.76 Å². The van der Waals surface area contributed by atoms with Crippen LogP contribution in [0.1, 0.15) is 0 Å². The largest absolute Gasteiger partial charge is 0.0531 e. The van der Waals surface area contributed by atoms with Crippen LogP contribution in [0.5, 0.6) is 0 Å². The van der Waals surface area contributed by atoms with E-state index in [-0.39, 0.29) is 14.6 Å². The van der Waals surface area contributed by atoms with Crippen molar-refractivity contribution in [2.24, 2.45) is 0 Å². The Morgan fingerprint density at radius 3 is 1.25 bits per heavy atom. The van der Waals surface area contributed by atoms with E-state index < -0.39 is 0 Å². The molecule has 0 aliphatic carbocycles. The Bertz CT molecular complexity index is 6.00. The minimum Gasteiger partial charge on any atom is -0.0531 e. The van der Waals surface area contributed by atoms with Gasteiger partial charge in [-0.05, 0) is 0 Å². The molecule has 0 aromatic rings. The van der Waals surface area contributed by atoms with E-state index in [1.807, 2.05) is 16.1 Å². The first kappa shape index (κ1) is 25.0. The van der Waals surface area contributed by atoms with Crippen LogP contribution in [-0.2, 0) is 0 Å². The molecule has 0 saturated heterocycles. The first-order valence-corrected chi connectivity index (χ1v) is 0.878. The molecular weight excluding hydrogens is 119 g/mol. The first-order valence-electron chi connectivity index (χ1n) is 0.169. The standard InChI is InChI=1S/B.BrN.N/c;1-2;. The Morgan fingerprint density at radius 1 is 1.25 bits per heavy atom. The Morgan fingerprint density at radius 2 is 1.25 bits per heavy atom. The molecule has 4 heavy (non-hydrogen) atoms. The van der Waals surface area contributed by atoms with Crippen molar-refractivity contribution in [2.45, 2.75) is 0 Å². The second kappa shape index (κ2) is 97.4. The van der Waals surface area contributed by atoms with Crippen LogP contribution in [-0.4, -0.2) is 8.41 Å². The van der Waals surface area contributed by atoms with Gasteiger partial charge in [0.1, 0.15) is 0 Å². The monoisotopic (exact) mass is 118 g/mol. The zero-order chi connectivity index (χ0) is 2.00. The Labute approximate surface area is 36.2 Å². The van der Waals surface area contributed by atoms with Gasteiger partial charge >= 0.3 is 0 Å². The van der Waals surface area contributed by atoms with Gasteiger partial charge < -0.3 is 0 Å². The molecule has 8 radical (unpaired) electrons. The molecule has 0 heterocycles. The summed E-state index contributed by atoms with van der Waals surface area (Å²) >= 11 is 1.94. The number of halogens is 1. The molecule has 0 aromatic carbocycles. The lowest BCUT2D eigenvalue weighted by molar-refractivity contribution is 1.99. The van der Waals surface area contributed by atoms with Crippen LogP contribution in [0.2, 0.25) is 0 Å². The molecule has 4 heteroatoms. The zero-order valence-electron chi connectivity index (χ0n) is 1.85. The summed E-state index contributed by atoms with van der Waals surface area (Å²) in [7, 11) is 0. The van der Waals surface area contributed by atoms with Gasteiger partial charge in [-0.3, -0.25) is 0 Å². The van der Waals surface area contributed by atoms with Gasteiger partial charge in [0.2, 0.25) is 0 Å². The lowest BCUT2D eigenvalue weighted by Crippen LogP contribution is -1.02. The Kier molecular flexibility index (Phi) is 608. The summed E-state index contributed by atoms with van der Waals surface area (Å²) in [6.45, 7) is 0. The van der Waals surface area contributed by atoms with Crippen molar-refractivity contribution in [3.8, 4) is 0 Å². The van der Waals surface area contributed by atoms with E-state index in [1.54, 1.807) is 0 Å². The number of hydrogen-bond donors (Lipinski definition) is 0. The lowest BCUT2D eigenvalue weighted by Gasteiger charge is -1.00. The highest BCUT2D eigenvalue weighted by Crippen LogP contribution is 1.38. The summed E-state index contributed by atoms with van der Waals surface area (Å²) in [5.74, 6) is 0. The topological polar surface area (TPSA) is 52.8 Å². The fourth-order valence-electron chi connectivity index (χ4n) is 0. The maximum atomic E-state index is 6.81. The molecule has 0 saturated carbocycles. The van der Waals surface area contributed by atoms with Crippen molar-refractivity contribution in [1.29, 1.82) is 0 Å². The molecule has 2 nitrogen and oxygen atoms in total. The quantitative estimate of drug-likeness (QED) is 0.386. The second-order valence-electron chi connectivity index (χ2n) is 0. The van der Waals surface area contributed by atoms with Gasteiger partial charge in [-0.1, -0.05) is 4.76 Å². The second-order valence-corrected chi connectivity index (χ2v) is 0. The summed E-state index contributed by atoms with van der Waals surface area (Å²) in [6.07, 6.45) is 0. The average Bonchev–Trinajstić information content (AvgIpc) is 1.00. The molecule has 0 atom stereocenters. The highest BCUT2D eigenvalue weighted by Gasteiger charge is 1.00. The van der Waals surface area contributed by atoms with Crippen LogP contribution in [0.25, 0.3) is 0 Å². The normalized spacial score (nSPS) is 1.50. The maximum absolute atomic E-state index is 6.81. The van der Waals surface area contributed by atoms with E-state index in [0.29, 0.717) is 0 Å². The molecule has 0 aliphatic heterocycles. The SMILES string of the molecule is [B].[N].[N]Br. The summed E-state index contributed by atoms with van der Waals surface area (Å²) in [5.41, 5.74) is 0. The van der Waals surface area contributed by atoms with Crippen LogP contribution < -0.4 is 10.9 Å². The molecule has 20 valence electrons. The highest BCUT2D eigenvalue weighted by atomic mass is 79.9. The molecule has 0 fully saturated rings. The third-order valence-electron chi connectivity index (χ3n) is 0. The van der Waals surface area contributed by atoms with E-state index >= 15 is 0 Å². The number of hydrogen-bond acceptors (Lipinski definition) is 0. The van der Waals surface area contributed by atoms with Crippen LogP contribution in [0.3, 0.4) is 0 Å². The summed E-state index contributed by atoms with van der Waals surface area (Å²) in [6, 6.07) is 0. The summed E-state index contributed by atoms with van der Waals surface area (Å²) in [4.78, 5) is 0. The number of rotatable bonds is 0. The third-order valence-corrected chi connectivity index (χ3v) is 0. The highest BCUT2D eigenvalue weighted by molar-refractivity contribution is 9.07. The molecule has 0 bridgehead atoms. The summed E-state index contributed by atoms with van der Waals surface area (Å²) in [5, 5.41) is 0. The zero-order valence-corrected chi connectivity index (χ0v) is 3.44. The van der Waals surface area contributed by atoms with E-state index in [2.05, 4.69) is 0 Å². The molecule has 0 amide bonds. The van der Waals surface area contributed by atoms with Crippen molar-refractivity contribution in [2.75, 3.05) is 0 Å². The molecule has 0 rings (SSSR count). The minimum absolute atomic E-state index is 0. The van der Waals surface area contributed by atoms with E-state index in [0.717, 1.165) is 0 Å². The smallest absolute Gasteiger partial charge is 0.0531 e. The van der Waals surface area contributed by atoms with Crippen molar-refractivity contribution in [3.05, 3.63) is 0 Å². The third kappa shape index (κ3) is 24.5. The van der Waals surface area contributed by atoms with Crippen LogP contribution in [0, 0.1) is 0 Å². The van der Waals surface area contributed by atoms with Gasteiger partial charge in [-0.15, -0.1) is 0 Å². The fourth-order valence-corrected chi connectivity index (χ4v) is 0. The van der Waals surface area contributed by atoms with E-state index in [1.165, 1.54) is 0 Å². The molecule has 0 aromatic heterocycles. The van der Waals surface area contributed by atoms with Gasteiger partial charge in [0.25, 0.3) is 0 Å². The van der Waals surface area contributed by atoms with Crippen molar-refractivity contribution in [3.63, 3.8) is 0 Å².